The van der Waals surface area contributed by atoms with Crippen LogP contribution in [0.2, 0.25) is 0 Å². The summed E-state index contributed by atoms with van der Waals surface area (Å²) in [5.41, 5.74) is 7.66. The number of nitrogens with two attached hydrogens (primary N) is 1. The second-order valence-corrected chi connectivity index (χ2v) is 4.82. The maximum atomic E-state index is 5.87. The normalized spacial score (nSPS) is 24.7. The molecule has 15 heavy (non-hydrogen) atoms. The molecule has 0 saturated heterocycles. The summed E-state index contributed by atoms with van der Waals surface area (Å²) in [6.45, 7) is 0. The van der Waals surface area contributed by atoms with Crippen LogP contribution in [0.4, 0.5) is 11.4 Å². The number of rotatable bonds is 3. The molecule has 0 bridgehead atoms. The Hall–Kier alpha value is -0.740. The number of halogens is 1. The molecule has 82 valence electrons. The highest BCUT2D eigenvalue weighted by Crippen LogP contribution is 2.30. The van der Waals surface area contributed by atoms with Gasteiger partial charge in [-0.15, -0.1) is 0 Å². The van der Waals surface area contributed by atoms with Gasteiger partial charge in [-0.3, -0.25) is 0 Å². The van der Waals surface area contributed by atoms with Crippen molar-refractivity contribution in [1.29, 1.82) is 0 Å². The Morgan fingerprint density at radius 2 is 2.20 bits per heavy atom. The van der Waals surface area contributed by atoms with Crippen LogP contribution in [-0.2, 0) is 4.74 Å². The molecule has 0 atom stereocenters. The summed E-state index contributed by atoms with van der Waals surface area (Å²) in [4.78, 5) is 0. The average molecular weight is 271 g/mol. The Bertz CT molecular complexity index is 350. The zero-order valence-electron chi connectivity index (χ0n) is 8.66. The van der Waals surface area contributed by atoms with Crippen LogP contribution in [0.15, 0.2) is 22.7 Å². The van der Waals surface area contributed by atoms with Crippen molar-refractivity contribution in [2.45, 2.75) is 25.0 Å². The van der Waals surface area contributed by atoms with E-state index in [4.69, 9.17) is 10.5 Å². The summed E-state index contributed by atoms with van der Waals surface area (Å²) < 4.78 is 6.27. The lowest BCUT2D eigenvalue weighted by Crippen LogP contribution is -2.40. The Morgan fingerprint density at radius 3 is 2.87 bits per heavy atom. The monoisotopic (exact) mass is 270 g/mol. The molecule has 0 unspecified atom stereocenters. The van der Waals surface area contributed by atoms with Gasteiger partial charge >= 0.3 is 0 Å². The SMILES string of the molecule is COC1CC(Nc2cc(Br)ccc2N)C1. The third-order valence-corrected chi connectivity index (χ3v) is 3.30. The summed E-state index contributed by atoms with van der Waals surface area (Å²) in [7, 11) is 1.76. The van der Waals surface area contributed by atoms with Gasteiger partial charge in [0.05, 0.1) is 17.5 Å². The fourth-order valence-electron chi connectivity index (χ4n) is 1.75. The predicted molar refractivity (Wildman–Crippen MR) is 66.0 cm³/mol. The minimum absolute atomic E-state index is 0.413. The van der Waals surface area contributed by atoms with Crippen LogP contribution in [-0.4, -0.2) is 19.3 Å². The van der Waals surface area contributed by atoms with Crippen molar-refractivity contribution >= 4 is 27.3 Å². The van der Waals surface area contributed by atoms with E-state index in [0.29, 0.717) is 12.1 Å². The Labute approximate surface area is 98.1 Å². The number of methoxy groups -OCH3 is 1. The van der Waals surface area contributed by atoms with Gasteiger partial charge in [-0.25, -0.2) is 0 Å². The topological polar surface area (TPSA) is 47.3 Å². The van der Waals surface area contributed by atoms with Gasteiger partial charge in [0, 0.05) is 17.6 Å². The molecule has 1 aliphatic rings. The average Bonchev–Trinajstić information content (AvgIpc) is 2.16. The molecular weight excluding hydrogens is 256 g/mol. The highest BCUT2D eigenvalue weighted by atomic mass is 79.9. The van der Waals surface area contributed by atoms with Gasteiger partial charge in [0.15, 0.2) is 0 Å². The van der Waals surface area contributed by atoms with Crippen molar-refractivity contribution in [1.82, 2.24) is 0 Å². The maximum absolute atomic E-state index is 5.87. The van der Waals surface area contributed by atoms with Crippen LogP contribution in [0.3, 0.4) is 0 Å². The first-order valence-corrected chi connectivity index (χ1v) is 5.82. The first kappa shape index (κ1) is 10.8. The second kappa shape index (κ2) is 4.41. The first-order chi connectivity index (χ1) is 7.19. The van der Waals surface area contributed by atoms with Crippen LogP contribution in [0, 0.1) is 0 Å². The molecule has 0 amide bonds. The quantitative estimate of drug-likeness (QED) is 0.831. The highest BCUT2D eigenvalue weighted by molar-refractivity contribution is 9.10. The molecule has 2 rings (SSSR count). The fourth-order valence-corrected chi connectivity index (χ4v) is 2.11. The van der Waals surface area contributed by atoms with Crippen molar-refractivity contribution in [3.63, 3.8) is 0 Å². The molecule has 0 radical (unpaired) electrons. The molecule has 0 heterocycles. The van der Waals surface area contributed by atoms with Gasteiger partial charge in [0.25, 0.3) is 0 Å². The van der Waals surface area contributed by atoms with E-state index in [0.717, 1.165) is 28.7 Å². The summed E-state index contributed by atoms with van der Waals surface area (Å²) in [6.07, 6.45) is 2.53. The van der Waals surface area contributed by atoms with E-state index in [9.17, 15) is 0 Å². The van der Waals surface area contributed by atoms with Crippen LogP contribution < -0.4 is 11.1 Å². The van der Waals surface area contributed by atoms with E-state index < -0.39 is 0 Å². The van der Waals surface area contributed by atoms with Gasteiger partial charge in [0.1, 0.15) is 0 Å². The second-order valence-electron chi connectivity index (χ2n) is 3.90. The minimum Gasteiger partial charge on any atom is -0.397 e. The molecule has 3 N–H and O–H groups in total. The van der Waals surface area contributed by atoms with E-state index in [1.54, 1.807) is 7.11 Å². The number of hydrogen-bond donors (Lipinski definition) is 2. The lowest BCUT2D eigenvalue weighted by atomic mass is 9.89. The van der Waals surface area contributed by atoms with E-state index in [1.165, 1.54) is 0 Å². The lowest BCUT2D eigenvalue weighted by molar-refractivity contribution is 0.0329. The number of nitrogen functional groups attached to an aromatic ring is 1. The van der Waals surface area contributed by atoms with E-state index in [2.05, 4.69) is 21.2 Å². The largest absolute Gasteiger partial charge is 0.397 e. The van der Waals surface area contributed by atoms with Crippen molar-refractivity contribution in [2.24, 2.45) is 0 Å². The fraction of sp³-hybridized carbons (Fsp3) is 0.455. The standard InChI is InChI=1S/C11H15BrN2O/c1-15-9-5-8(6-9)14-11-4-7(12)2-3-10(11)13/h2-4,8-9,14H,5-6,13H2,1H3. The highest BCUT2D eigenvalue weighted by Gasteiger charge is 2.28. The molecule has 0 aromatic heterocycles. The van der Waals surface area contributed by atoms with Gasteiger partial charge in [-0.1, -0.05) is 15.9 Å². The lowest BCUT2D eigenvalue weighted by Gasteiger charge is -2.35. The molecule has 0 spiro atoms. The number of hydrogen-bond acceptors (Lipinski definition) is 3. The summed E-state index contributed by atoms with van der Waals surface area (Å²) in [5, 5.41) is 3.42. The van der Waals surface area contributed by atoms with Gasteiger partial charge in [0.2, 0.25) is 0 Å². The molecule has 1 aromatic rings. The van der Waals surface area contributed by atoms with Crippen LogP contribution in [0.1, 0.15) is 12.8 Å². The van der Waals surface area contributed by atoms with Crippen LogP contribution >= 0.6 is 15.9 Å². The van der Waals surface area contributed by atoms with E-state index in [1.807, 2.05) is 18.2 Å². The molecular formula is C11H15BrN2O. The van der Waals surface area contributed by atoms with E-state index in [-0.39, 0.29) is 0 Å². The third kappa shape index (κ3) is 2.44. The van der Waals surface area contributed by atoms with Crippen molar-refractivity contribution in [2.75, 3.05) is 18.2 Å². The first-order valence-electron chi connectivity index (χ1n) is 5.03. The van der Waals surface area contributed by atoms with Crippen LogP contribution in [0.25, 0.3) is 0 Å². The van der Waals surface area contributed by atoms with Crippen molar-refractivity contribution in [3.8, 4) is 0 Å². The third-order valence-electron chi connectivity index (χ3n) is 2.80. The number of nitrogens with one attached hydrogen (secondary N) is 1. The Morgan fingerprint density at radius 1 is 1.47 bits per heavy atom. The molecule has 0 aliphatic heterocycles. The summed E-state index contributed by atoms with van der Waals surface area (Å²) >= 11 is 3.43. The van der Waals surface area contributed by atoms with E-state index >= 15 is 0 Å². The maximum Gasteiger partial charge on any atom is 0.0610 e. The number of ether oxygens (including phenoxy) is 1. The smallest absolute Gasteiger partial charge is 0.0610 e. The summed E-state index contributed by atoms with van der Waals surface area (Å²) in [6, 6.07) is 6.35. The van der Waals surface area contributed by atoms with Crippen LogP contribution in [0.5, 0.6) is 0 Å². The van der Waals surface area contributed by atoms with Crippen molar-refractivity contribution in [3.05, 3.63) is 22.7 Å². The van der Waals surface area contributed by atoms with Gasteiger partial charge in [-0.2, -0.15) is 0 Å². The Balaban J connectivity index is 1.97. The molecule has 1 saturated carbocycles. The minimum atomic E-state index is 0.413. The molecule has 1 aliphatic carbocycles. The van der Waals surface area contributed by atoms with Gasteiger partial charge < -0.3 is 15.8 Å². The molecule has 1 fully saturated rings. The predicted octanol–water partition coefficient (Wildman–Crippen LogP) is 2.62. The van der Waals surface area contributed by atoms with Gasteiger partial charge in [-0.05, 0) is 31.0 Å². The number of anilines is 2. The zero-order valence-corrected chi connectivity index (χ0v) is 10.3. The molecule has 3 nitrogen and oxygen atoms in total. The number of benzene rings is 1. The Kier molecular flexibility index (Phi) is 3.17. The molecule has 4 heteroatoms. The zero-order chi connectivity index (χ0) is 10.8. The summed E-state index contributed by atoms with van der Waals surface area (Å²) in [5.74, 6) is 0. The van der Waals surface area contributed by atoms with Crippen molar-refractivity contribution < 1.29 is 4.74 Å². The molecule has 1 aromatic carbocycles.